The van der Waals surface area contributed by atoms with E-state index >= 15 is 0 Å². The van der Waals surface area contributed by atoms with Gasteiger partial charge in [0.2, 0.25) is 0 Å². The lowest BCUT2D eigenvalue weighted by atomic mass is 10.4. The molecule has 0 aliphatic carbocycles. The molecule has 0 aromatic rings. The van der Waals surface area contributed by atoms with Gasteiger partial charge in [0.25, 0.3) is 0 Å². The van der Waals surface area contributed by atoms with Gasteiger partial charge >= 0.3 is 0 Å². The van der Waals surface area contributed by atoms with Crippen molar-refractivity contribution in [2.24, 2.45) is 0 Å². The van der Waals surface area contributed by atoms with Gasteiger partial charge in [-0.15, -0.1) is 0 Å². The smallest absolute Gasteiger partial charge is 0.0701 e. The summed E-state index contributed by atoms with van der Waals surface area (Å²) in [4.78, 5) is 0. The van der Waals surface area contributed by atoms with Gasteiger partial charge in [-0.05, 0) is 6.08 Å². The molecule has 0 unspecified atom stereocenters. The van der Waals surface area contributed by atoms with E-state index < -0.39 is 0 Å². The first-order valence-corrected chi connectivity index (χ1v) is 3.78. The highest BCUT2D eigenvalue weighted by Crippen LogP contribution is 1.91. The number of hydrogen-bond acceptors (Lipinski definition) is 3. The van der Waals surface area contributed by atoms with E-state index in [-0.39, 0.29) is 0 Å². The first-order valence-electron chi connectivity index (χ1n) is 3.78. The summed E-state index contributed by atoms with van der Waals surface area (Å²) in [5.74, 6) is 0. The van der Waals surface area contributed by atoms with E-state index in [0.29, 0.717) is 0 Å². The van der Waals surface area contributed by atoms with Gasteiger partial charge in [-0.25, -0.2) is 5.43 Å². The normalized spacial score (nSPS) is 19.2. The van der Waals surface area contributed by atoms with E-state index in [0.717, 1.165) is 19.8 Å². The van der Waals surface area contributed by atoms with Crippen molar-refractivity contribution in [3.8, 4) is 0 Å². The molecular formula is C8H14N2O. The van der Waals surface area contributed by atoms with Crippen LogP contribution in [0.4, 0.5) is 0 Å². The van der Waals surface area contributed by atoms with Crippen molar-refractivity contribution >= 4 is 0 Å². The van der Waals surface area contributed by atoms with Gasteiger partial charge in [0.15, 0.2) is 0 Å². The SMILES string of the molecule is C1CO1.CNN1C=CC=CC1. The maximum atomic E-state index is 4.50. The zero-order valence-corrected chi connectivity index (χ0v) is 6.79. The summed E-state index contributed by atoms with van der Waals surface area (Å²) in [6.07, 6.45) is 8.13. The zero-order valence-electron chi connectivity index (χ0n) is 6.79. The fraction of sp³-hybridized carbons (Fsp3) is 0.500. The predicted octanol–water partition coefficient (Wildman–Crippen LogP) is 0.523. The molecule has 0 atom stereocenters. The lowest BCUT2D eigenvalue weighted by Crippen LogP contribution is -2.30. The van der Waals surface area contributed by atoms with Crippen molar-refractivity contribution in [3.05, 3.63) is 24.4 Å². The van der Waals surface area contributed by atoms with Crippen molar-refractivity contribution < 1.29 is 4.74 Å². The summed E-state index contributed by atoms with van der Waals surface area (Å²) in [7, 11) is 1.91. The van der Waals surface area contributed by atoms with Crippen LogP contribution in [0.3, 0.4) is 0 Å². The van der Waals surface area contributed by atoms with Crippen LogP contribution in [0.25, 0.3) is 0 Å². The van der Waals surface area contributed by atoms with E-state index in [9.17, 15) is 0 Å². The monoisotopic (exact) mass is 154 g/mol. The Morgan fingerprint density at radius 3 is 2.36 bits per heavy atom. The Bertz CT molecular complexity index is 149. The molecule has 2 heterocycles. The molecule has 1 N–H and O–H groups in total. The Morgan fingerprint density at radius 2 is 2.09 bits per heavy atom. The standard InChI is InChI=1S/C6H10N2.C2H4O/c1-7-8-5-3-2-4-6-8;1-2-3-1/h2-5,7H,6H2,1H3;1-2H2. The van der Waals surface area contributed by atoms with Crippen LogP contribution in [0.2, 0.25) is 0 Å². The number of allylic oxidation sites excluding steroid dienone is 2. The average Bonchev–Trinajstić information content (AvgIpc) is 2.92. The predicted molar refractivity (Wildman–Crippen MR) is 44.9 cm³/mol. The van der Waals surface area contributed by atoms with Crippen LogP contribution in [0, 0.1) is 0 Å². The number of hydrazine groups is 1. The number of nitrogens with zero attached hydrogens (tertiary/aromatic N) is 1. The van der Waals surface area contributed by atoms with Gasteiger partial charge in [-0.3, -0.25) is 0 Å². The minimum absolute atomic E-state index is 0.965. The molecule has 3 heteroatoms. The lowest BCUT2D eigenvalue weighted by Gasteiger charge is -2.17. The van der Waals surface area contributed by atoms with Crippen LogP contribution < -0.4 is 5.43 Å². The van der Waals surface area contributed by atoms with Gasteiger partial charge in [0, 0.05) is 13.2 Å². The molecule has 1 fully saturated rings. The molecule has 3 nitrogen and oxygen atoms in total. The van der Waals surface area contributed by atoms with Crippen LogP contribution in [0.5, 0.6) is 0 Å². The summed E-state index contributed by atoms with van der Waals surface area (Å²) in [6.45, 7) is 2.97. The molecule has 0 radical (unpaired) electrons. The van der Waals surface area contributed by atoms with Crippen LogP contribution >= 0.6 is 0 Å². The Kier molecular flexibility index (Phi) is 3.72. The molecule has 0 saturated carbocycles. The van der Waals surface area contributed by atoms with Gasteiger partial charge < -0.3 is 9.75 Å². The summed E-state index contributed by atoms with van der Waals surface area (Å²) in [5, 5.41) is 2.00. The lowest BCUT2D eigenvalue weighted by molar-refractivity contribution is 0.327. The van der Waals surface area contributed by atoms with Crippen LogP contribution in [-0.2, 0) is 4.74 Å². The fourth-order valence-corrected chi connectivity index (χ4v) is 0.633. The largest absolute Gasteiger partial charge is 0.377 e. The third-order valence-corrected chi connectivity index (χ3v) is 1.31. The Labute approximate surface area is 67.3 Å². The molecular weight excluding hydrogens is 140 g/mol. The van der Waals surface area contributed by atoms with E-state index in [1.54, 1.807) is 0 Å². The highest BCUT2D eigenvalue weighted by atomic mass is 16.6. The summed E-state index contributed by atoms with van der Waals surface area (Å²) in [5.41, 5.74) is 3.00. The van der Waals surface area contributed by atoms with Crippen molar-refractivity contribution in [2.45, 2.75) is 0 Å². The molecule has 0 spiro atoms. The van der Waals surface area contributed by atoms with Crippen LogP contribution in [0.15, 0.2) is 24.4 Å². The molecule has 2 rings (SSSR count). The van der Waals surface area contributed by atoms with Crippen molar-refractivity contribution in [1.29, 1.82) is 0 Å². The van der Waals surface area contributed by atoms with Crippen molar-refractivity contribution in [3.63, 3.8) is 0 Å². The van der Waals surface area contributed by atoms with Gasteiger partial charge in [-0.1, -0.05) is 12.2 Å². The molecule has 1 saturated heterocycles. The maximum absolute atomic E-state index is 4.50. The fourth-order valence-electron chi connectivity index (χ4n) is 0.633. The second kappa shape index (κ2) is 4.93. The minimum Gasteiger partial charge on any atom is -0.377 e. The van der Waals surface area contributed by atoms with E-state index in [4.69, 9.17) is 0 Å². The molecule has 11 heavy (non-hydrogen) atoms. The summed E-state index contributed by atoms with van der Waals surface area (Å²) >= 11 is 0. The highest BCUT2D eigenvalue weighted by Gasteiger charge is 1.94. The average molecular weight is 154 g/mol. The molecule has 2 aliphatic heterocycles. The third kappa shape index (κ3) is 4.58. The van der Waals surface area contributed by atoms with Crippen LogP contribution in [0.1, 0.15) is 0 Å². The topological polar surface area (TPSA) is 27.8 Å². The highest BCUT2D eigenvalue weighted by molar-refractivity contribution is 5.07. The number of ether oxygens (including phenoxy) is 1. The number of rotatable bonds is 1. The van der Waals surface area contributed by atoms with Gasteiger partial charge in [0.05, 0.1) is 19.8 Å². The number of nitrogens with one attached hydrogen (secondary N) is 1. The minimum atomic E-state index is 0.965. The van der Waals surface area contributed by atoms with E-state index in [1.165, 1.54) is 0 Å². The van der Waals surface area contributed by atoms with Crippen molar-refractivity contribution in [2.75, 3.05) is 26.8 Å². The molecule has 62 valence electrons. The first kappa shape index (κ1) is 8.30. The Hall–Kier alpha value is -0.800. The molecule has 0 aromatic heterocycles. The molecule has 0 bridgehead atoms. The third-order valence-electron chi connectivity index (χ3n) is 1.31. The molecule has 0 aromatic carbocycles. The van der Waals surface area contributed by atoms with Crippen LogP contribution in [-0.4, -0.2) is 31.8 Å². The second-order valence-corrected chi connectivity index (χ2v) is 2.26. The maximum Gasteiger partial charge on any atom is 0.0701 e. The Morgan fingerprint density at radius 1 is 1.36 bits per heavy atom. The number of hydrogen-bond donors (Lipinski definition) is 1. The van der Waals surface area contributed by atoms with Gasteiger partial charge in [0.1, 0.15) is 0 Å². The summed E-state index contributed by atoms with van der Waals surface area (Å²) in [6, 6.07) is 0. The van der Waals surface area contributed by atoms with Gasteiger partial charge in [-0.2, -0.15) is 0 Å². The molecule has 2 aliphatic rings. The van der Waals surface area contributed by atoms with E-state index in [1.807, 2.05) is 30.4 Å². The quantitative estimate of drug-likeness (QED) is 0.558. The summed E-state index contributed by atoms with van der Waals surface area (Å²) < 4.78 is 4.50. The molecule has 0 amide bonds. The zero-order chi connectivity index (χ0) is 7.94. The number of epoxide rings is 1. The van der Waals surface area contributed by atoms with Crippen molar-refractivity contribution in [1.82, 2.24) is 10.4 Å². The Balaban J connectivity index is 0.000000167. The first-order chi connectivity index (χ1) is 5.43. The second-order valence-electron chi connectivity index (χ2n) is 2.26. The van der Waals surface area contributed by atoms with E-state index in [2.05, 4.69) is 16.2 Å².